The Hall–Kier alpha value is -0.910. The van der Waals surface area contributed by atoms with Gasteiger partial charge < -0.3 is 15.1 Å². The molecule has 0 spiro atoms. The molecule has 0 amide bonds. The first-order chi connectivity index (χ1) is 8.74. The summed E-state index contributed by atoms with van der Waals surface area (Å²) in [6.07, 6.45) is 4.32. The van der Waals surface area contributed by atoms with Crippen LogP contribution in [0.4, 0.5) is 5.95 Å². The summed E-state index contributed by atoms with van der Waals surface area (Å²) >= 11 is 5.72. The maximum atomic E-state index is 5.72. The van der Waals surface area contributed by atoms with Crippen LogP contribution < -0.4 is 5.32 Å². The van der Waals surface area contributed by atoms with E-state index < -0.39 is 0 Å². The third-order valence-corrected chi connectivity index (χ3v) is 3.35. The zero-order valence-electron chi connectivity index (χ0n) is 10.8. The topological polar surface area (TPSA) is 44.3 Å². The molecule has 0 aliphatic carbocycles. The lowest BCUT2D eigenvalue weighted by atomic mass is 10.3. The van der Waals surface area contributed by atoms with E-state index in [1.807, 2.05) is 0 Å². The Morgan fingerprint density at radius 1 is 1.22 bits per heavy atom. The summed E-state index contributed by atoms with van der Waals surface area (Å²) in [4.78, 5) is 13.1. The molecule has 2 rings (SSSR count). The first kappa shape index (κ1) is 13.5. The smallest absolute Gasteiger partial charge is 0.222 e. The van der Waals surface area contributed by atoms with Crippen molar-refractivity contribution in [1.82, 2.24) is 19.8 Å². The zero-order chi connectivity index (χ0) is 12.8. The molecule has 0 atom stereocenters. The van der Waals surface area contributed by atoms with Gasteiger partial charge in [-0.25, -0.2) is 9.97 Å². The number of aromatic nitrogens is 2. The summed E-state index contributed by atoms with van der Waals surface area (Å²) in [5.74, 6) is 0.651. The minimum atomic E-state index is 0.568. The lowest BCUT2D eigenvalue weighted by Crippen LogP contribution is -2.44. The number of piperazine rings is 1. The summed E-state index contributed by atoms with van der Waals surface area (Å²) in [5, 5.41) is 3.77. The second-order valence-corrected chi connectivity index (χ2v) is 5.09. The van der Waals surface area contributed by atoms with Crippen molar-refractivity contribution in [3.63, 3.8) is 0 Å². The maximum absolute atomic E-state index is 5.72. The van der Waals surface area contributed by atoms with E-state index in [0.717, 1.165) is 19.5 Å². The highest BCUT2D eigenvalue weighted by Crippen LogP contribution is 2.05. The highest BCUT2D eigenvalue weighted by Gasteiger charge is 2.12. The molecule has 1 aliphatic rings. The SMILES string of the molecule is CN1CCN(CCCNc2ncc(Cl)cn2)CC1. The largest absolute Gasteiger partial charge is 0.354 e. The van der Waals surface area contributed by atoms with Gasteiger partial charge in [-0.3, -0.25) is 0 Å². The van der Waals surface area contributed by atoms with Crippen LogP contribution in [0, 0.1) is 0 Å². The molecular weight excluding hydrogens is 250 g/mol. The molecule has 18 heavy (non-hydrogen) atoms. The second kappa shape index (κ2) is 6.87. The molecule has 0 aromatic carbocycles. The van der Waals surface area contributed by atoms with E-state index in [2.05, 4.69) is 32.1 Å². The number of hydrogen-bond acceptors (Lipinski definition) is 5. The van der Waals surface area contributed by atoms with Crippen molar-refractivity contribution in [3.8, 4) is 0 Å². The molecule has 100 valence electrons. The van der Waals surface area contributed by atoms with E-state index in [9.17, 15) is 0 Å². The van der Waals surface area contributed by atoms with E-state index in [-0.39, 0.29) is 0 Å². The lowest BCUT2D eigenvalue weighted by molar-refractivity contribution is 0.154. The van der Waals surface area contributed by atoms with Gasteiger partial charge in [-0.15, -0.1) is 0 Å². The number of hydrogen-bond donors (Lipinski definition) is 1. The van der Waals surface area contributed by atoms with Gasteiger partial charge in [0.1, 0.15) is 0 Å². The fourth-order valence-electron chi connectivity index (χ4n) is 1.98. The summed E-state index contributed by atoms with van der Waals surface area (Å²) in [6, 6.07) is 0. The van der Waals surface area contributed by atoms with E-state index in [0.29, 0.717) is 11.0 Å². The summed E-state index contributed by atoms with van der Waals surface area (Å²) in [6.45, 7) is 6.73. The van der Waals surface area contributed by atoms with Gasteiger partial charge in [0.2, 0.25) is 5.95 Å². The second-order valence-electron chi connectivity index (χ2n) is 4.65. The highest BCUT2D eigenvalue weighted by atomic mass is 35.5. The minimum Gasteiger partial charge on any atom is -0.354 e. The minimum absolute atomic E-state index is 0.568. The highest BCUT2D eigenvalue weighted by molar-refractivity contribution is 6.30. The quantitative estimate of drug-likeness (QED) is 0.814. The number of nitrogens with zero attached hydrogens (tertiary/aromatic N) is 4. The van der Waals surface area contributed by atoms with Crippen LogP contribution in [-0.2, 0) is 0 Å². The number of halogens is 1. The molecule has 0 saturated carbocycles. The summed E-state index contributed by atoms with van der Waals surface area (Å²) in [7, 11) is 2.18. The average Bonchev–Trinajstić information content (AvgIpc) is 2.39. The van der Waals surface area contributed by atoms with Crippen LogP contribution >= 0.6 is 11.6 Å². The summed E-state index contributed by atoms with van der Waals surface area (Å²) in [5.41, 5.74) is 0. The molecular formula is C12H20ClN5. The molecule has 1 aromatic heterocycles. The van der Waals surface area contributed by atoms with Gasteiger partial charge >= 0.3 is 0 Å². The molecule has 1 aromatic rings. The molecule has 2 heterocycles. The Morgan fingerprint density at radius 2 is 1.89 bits per heavy atom. The molecule has 0 unspecified atom stereocenters. The molecule has 6 heteroatoms. The first-order valence-electron chi connectivity index (χ1n) is 6.36. The average molecular weight is 270 g/mol. The van der Waals surface area contributed by atoms with Gasteiger partial charge in [-0.1, -0.05) is 11.6 Å². The Labute approximate surface area is 113 Å². The van der Waals surface area contributed by atoms with Gasteiger partial charge in [0, 0.05) is 32.7 Å². The van der Waals surface area contributed by atoms with E-state index in [1.165, 1.54) is 26.2 Å². The van der Waals surface area contributed by atoms with Crippen LogP contribution in [0.5, 0.6) is 0 Å². The van der Waals surface area contributed by atoms with Gasteiger partial charge in [0.25, 0.3) is 0 Å². The Balaban J connectivity index is 1.60. The van der Waals surface area contributed by atoms with Crippen molar-refractivity contribution >= 4 is 17.5 Å². The number of likely N-dealkylation sites (N-methyl/N-ethyl adjacent to an activating group) is 1. The molecule has 1 saturated heterocycles. The third kappa shape index (κ3) is 4.40. The molecule has 0 bridgehead atoms. The van der Waals surface area contributed by atoms with Crippen molar-refractivity contribution in [1.29, 1.82) is 0 Å². The zero-order valence-corrected chi connectivity index (χ0v) is 11.5. The van der Waals surface area contributed by atoms with Crippen molar-refractivity contribution in [2.75, 3.05) is 51.6 Å². The summed E-state index contributed by atoms with van der Waals surface area (Å²) < 4.78 is 0. The van der Waals surface area contributed by atoms with Crippen molar-refractivity contribution in [2.24, 2.45) is 0 Å². The molecule has 1 fully saturated rings. The fourth-order valence-corrected chi connectivity index (χ4v) is 2.08. The van der Waals surface area contributed by atoms with Crippen LogP contribution in [0.1, 0.15) is 6.42 Å². The standard InChI is InChI=1S/C12H20ClN5/c1-17-5-7-18(8-6-17)4-2-3-14-12-15-9-11(13)10-16-12/h9-10H,2-8H2,1H3,(H,14,15,16). The fraction of sp³-hybridized carbons (Fsp3) is 0.667. The molecule has 1 aliphatic heterocycles. The van der Waals surface area contributed by atoms with Crippen LogP contribution in [0.15, 0.2) is 12.4 Å². The number of anilines is 1. The van der Waals surface area contributed by atoms with Crippen LogP contribution in [-0.4, -0.2) is 66.1 Å². The molecule has 5 nitrogen and oxygen atoms in total. The molecule has 0 radical (unpaired) electrons. The normalized spacial score (nSPS) is 17.9. The predicted octanol–water partition coefficient (Wildman–Crippen LogP) is 1.18. The Bertz CT molecular complexity index is 348. The monoisotopic (exact) mass is 269 g/mol. The van der Waals surface area contributed by atoms with Crippen molar-refractivity contribution in [3.05, 3.63) is 17.4 Å². The number of nitrogens with one attached hydrogen (secondary N) is 1. The van der Waals surface area contributed by atoms with Gasteiger partial charge in [-0.05, 0) is 20.0 Å². The van der Waals surface area contributed by atoms with E-state index in [1.54, 1.807) is 12.4 Å². The van der Waals surface area contributed by atoms with Crippen LogP contribution in [0.3, 0.4) is 0 Å². The lowest BCUT2D eigenvalue weighted by Gasteiger charge is -2.32. The molecule has 1 N–H and O–H groups in total. The van der Waals surface area contributed by atoms with Crippen LogP contribution in [0.2, 0.25) is 5.02 Å². The van der Waals surface area contributed by atoms with E-state index >= 15 is 0 Å². The number of rotatable bonds is 5. The van der Waals surface area contributed by atoms with Crippen molar-refractivity contribution in [2.45, 2.75) is 6.42 Å². The van der Waals surface area contributed by atoms with Crippen molar-refractivity contribution < 1.29 is 0 Å². The maximum Gasteiger partial charge on any atom is 0.222 e. The van der Waals surface area contributed by atoms with Gasteiger partial charge in [-0.2, -0.15) is 0 Å². The van der Waals surface area contributed by atoms with E-state index in [4.69, 9.17) is 11.6 Å². The first-order valence-corrected chi connectivity index (χ1v) is 6.74. The predicted molar refractivity (Wildman–Crippen MR) is 74.1 cm³/mol. The third-order valence-electron chi connectivity index (χ3n) is 3.15. The van der Waals surface area contributed by atoms with Crippen LogP contribution in [0.25, 0.3) is 0 Å². The van der Waals surface area contributed by atoms with Gasteiger partial charge in [0.15, 0.2) is 0 Å². The Morgan fingerprint density at radius 3 is 2.56 bits per heavy atom. The van der Waals surface area contributed by atoms with Gasteiger partial charge in [0.05, 0.1) is 17.4 Å². The Kier molecular flexibility index (Phi) is 5.16.